The summed E-state index contributed by atoms with van der Waals surface area (Å²) in [6.07, 6.45) is 2.09. The minimum atomic E-state index is -1.41. The molecule has 21 heavy (non-hydrogen) atoms. The Kier molecular flexibility index (Phi) is 5.22. The molecule has 0 N–H and O–H groups in total. The molecular weight excluding hydrogens is 328 g/mol. The topological polar surface area (TPSA) is 57.2 Å². The van der Waals surface area contributed by atoms with Crippen LogP contribution in [0.1, 0.15) is 15.9 Å². The van der Waals surface area contributed by atoms with Crippen molar-refractivity contribution >= 4 is 46.2 Å². The SMILES string of the molecule is C[S+]([O-])CC(C=O)(C(=O)c1ccc(Cl)cc1)c1ccsc1. The van der Waals surface area contributed by atoms with Gasteiger partial charge < -0.3 is 9.35 Å². The van der Waals surface area contributed by atoms with E-state index >= 15 is 0 Å². The molecule has 0 saturated heterocycles. The zero-order valence-electron chi connectivity index (χ0n) is 11.2. The molecule has 0 aliphatic heterocycles. The molecule has 1 aromatic heterocycles. The Morgan fingerprint density at radius 3 is 2.52 bits per heavy atom. The Hall–Kier alpha value is -1.14. The number of halogens is 1. The molecule has 1 heterocycles. The first-order valence-corrected chi connectivity index (χ1v) is 9.14. The number of hydrogen-bond acceptors (Lipinski definition) is 4. The van der Waals surface area contributed by atoms with Gasteiger partial charge in [0.05, 0.1) is 6.26 Å². The fourth-order valence-electron chi connectivity index (χ4n) is 2.13. The summed E-state index contributed by atoms with van der Waals surface area (Å²) in [5.74, 6) is -0.392. The minimum absolute atomic E-state index is 0.0330. The average Bonchev–Trinajstić information content (AvgIpc) is 2.99. The third kappa shape index (κ3) is 3.37. The van der Waals surface area contributed by atoms with Crippen molar-refractivity contribution in [2.24, 2.45) is 0 Å². The van der Waals surface area contributed by atoms with Crippen LogP contribution < -0.4 is 0 Å². The van der Waals surface area contributed by atoms with Crippen molar-refractivity contribution in [1.82, 2.24) is 0 Å². The van der Waals surface area contributed by atoms with E-state index in [1.807, 2.05) is 0 Å². The number of carbonyl (C=O) groups is 2. The van der Waals surface area contributed by atoms with Gasteiger partial charge in [-0.05, 0) is 46.7 Å². The summed E-state index contributed by atoms with van der Waals surface area (Å²) in [6.45, 7) is 0. The molecule has 2 aromatic rings. The van der Waals surface area contributed by atoms with Crippen LogP contribution in [0.25, 0.3) is 0 Å². The summed E-state index contributed by atoms with van der Waals surface area (Å²) in [7, 11) is 0. The number of rotatable bonds is 6. The molecule has 0 saturated carbocycles. The molecule has 0 aliphatic rings. The minimum Gasteiger partial charge on any atom is -0.617 e. The van der Waals surface area contributed by atoms with Gasteiger partial charge in [0.15, 0.2) is 11.2 Å². The van der Waals surface area contributed by atoms with Crippen molar-refractivity contribution < 1.29 is 14.1 Å². The fourth-order valence-corrected chi connectivity index (χ4v) is 4.01. The molecule has 110 valence electrons. The van der Waals surface area contributed by atoms with Gasteiger partial charge in [-0.2, -0.15) is 11.3 Å². The van der Waals surface area contributed by atoms with Crippen LogP contribution in [0, 0.1) is 0 Å². The summed E-state index contributed by atoms with van der Waals surface area (Å²) in [5, 5.41) is 4.05. The molecule has 0 aliphatic carbocycles. The number of benzene rings is 1. The van der Waals surface area contributed by atoms with Gasteiger partial charge in [0.25, 0.3) is 0 Å². The first kappa shape index (κ1) is 16.2. The molecule has 0 radical (unpaired) electrons. The van der Waals surface area contributed by atoms with Crippen molar-refractivity contribution in [3.8, 4) is 0 Å². The van der Waals surface area contributed by atoms with Crippen LogP contribution in [-0.4, -0.2) is 28.6 Å². The lowest BCUT2D eigenvalue weighted by Crippen LogP contribution is -2.43. The Morgan fingerprint density at radius 2 is 2.05 bits per heavy atom. The van der Waals surface area contributed by atoms with Crippen LogP contribution in [0.2, 0.25) is 5.02 Å². The van der Waals surface area contributed by atoms with Crippen LogP contribution in [0.3, 0.4) is 0 Å². The van der Waals surface area contributed by atoms with Gasteiger partial charge in [-0.3, -0.25) is 4.79 Å². The number of carbonyl (C=O) groups excluding carboxylic acids is 2. The standard InChI is InChI=1S/C15H13ClO3S2/c1-21(19)10-15(9-17,12-6-7-20-8-12)14(18)11-2-4-13(16)5-3-11/h2-9H,10H2,1H3. The van der Waals surface area contributed by atoms with Crippen molar-refractivity contribution in [1.29, 1.82) is 0 Å². The summed E-state index contributed by atoms with van der Waals surface area (Å²) < 4.78 is 11.7. The van der Waals surface area contributed by atoms with E-state index in [-0.39, 0.29) is 11.5 Å². The van der Waals surface area contributed by atoms with Gasteiger partial charge in [-0.25, -0.2) is 0 Å². The largest absolute Gasteiger partial charge is 0.617 e. The lowest BCUT2D eigenvalue weighted by atomic mass is 9.78. The van der Waals surface area contributed by atoms with Crippen LogP contribution in [0.5, 0.6) is 0 Å². The van der Waals surface area contributed by atoms with Gasteiger partial charge in [-0.1, -0.05) is 22.8 Å². The first-order valence-electron chi connectivity index (χ1n) is 6.09. The molecular formula is C15H13ClO3S2. The molecule has 2 rings (SSSR count). The van der Waals surface area contributed by atoms with E-state index in [9.17, 15) is 14.1 Å². The monoisotopic (exact) mass is 340 g/mol. The van der Waals surface area contributed by atoms with E-state index in [1.54, 1.807) is 41.1 Å². The highest BCUT2D eigenvalue weighted by Crippen LogP contribution is 2.30. The Balaban J connectivity index is 2.51. The zero-order chi connectivity index (χ0) is 15.5. The van der Waals surface area contributed by atoms with E-state index in [0.717, 1.165) is 0 Å². The number of Topliss-reactive ketones (excluding diaryl/α,β-unsaturated/α-hetero) is 1. The number of ketones is 1. The fraction of sp³-hybridized carbons (Fsp3) is 0.200. The Morgan fingerprint density at radius 1 is 1.38 bits per heavy atom. The highest BCUT2D eigenvalue weighted by Gasteiger charge is 2.44. The third-order valence-electron chi connectivity index (χ3n) is 3.18. The predicted octanol–water partition coefficient (Wildman–Crippen LogP) is 3.10. The smallest absolute Gasteiger partial charge is 0.185 e. The number of aldehydes is 1. The van der Waals surface area contributed by atoms with Gasteiger partial charge >= 0.3 is 0 Å². The van der Waals surface area contributed by atoms with E-state index in [4.69, 9.17) is 11.6 Å². The number of thiophene rings is 1. The Labute approximate surface area is 135 Å². The lowest BCUT2D eigenvalue weighted by molar-refractivity contribution is -0.110. The van der Waals surface area contributed by atoms with Crippen LogP contribution in [0.15, 0.2) is 41.1 Å². The van der Waals surface area contributed by atoms with E-state index in [2.05, 4.69) is 0 Å². The second-order valence-electron chi connectivity index (χ2n) is 4.65. The van der Waals surface area contributed by atoms with Gasteiger partial charge in [0, 0.05) is 10.6 Å². The quantitative estimate of drug-likeness (QED) is 0.351. The molecule has 0 bridgehead atoms. The van der Waals surface area contributed by atoms with Crippen LogP contribution >= 0.6 is 22.9 Å². The summed E-state index contributed by atoms with van der Waals surface area (Å²) in [5.41, 5.74) is -0.450. The lowest BCUT2D eigenvalue weighted by Gasteiger charge is -2.25. The maximum absolute atomic E-state index is 12.8. The molecule has 2 unspecified atom stereocenters. The van der Waals surface area contributed by atoms with Gasteiger partial charge in [-0.15, -0.1) is 0 Å². The molecule has 1 aromatic carbocycles. The predicted molar refractivity (Wildman–Crippen MR) is 86.8 cm³/mol. The molecule has 3 nitrogen and oxygen atoms in total. The summed E-state index contributed by atoms with van der Waals surface area (Å²) in [6, 6.07) is 8.07. The normalized spacial score (nSPS) is 15.2. The van der Waals surface area contributed by atoms with Crippen molar-refractivity contribution in [3.63, 3.8) is 0 Å². The maximum Gasteiger partial charge on any atom is 0.185 e. The van der Waals surface area contributed by atoms with E-state index in [0.29, 0.717) is 22.4 Å². The van der Waals surface area contributed by atoms with Crippen LogP contribution in [-0.2, 0) is 21.4 Å². The molecule has 0 spiro atoms. The number of hydrogen-bond donors (Lipinski definition) is 0. The van der Waals surface area contributed by atoms with Crippen molar-refractivity contribution in [3.05, 3.63) is 57.2 Å². The third-order valence-corrected chi connectivity index (χ3v) is 4.98. The van der Waals surface area contributed by atoms with Crippen molar-refractivity contribution in [2.75, 3.05) is 12.0 Å². The second-order valence-corrected chi connectivity index (χ2v) is 7.31. The van der Waals surface area contributed by atoms with E-state index in [1.165, 1.54) is 17.6 Å². The maximum atomic E-state index is 12.8. The molecule has 2 atom stereocenters. The van der Waals surface area contributed by atoms with Gasteiger partial charge in [0.2, 0.25) is 0 Å². The van der Waals surface area contributed by atoms with E-state index < -0.39 is 16.6 Å². The Bertz CT molecular complexity index is 623. The first-order chi connectivity index (χ1) is 9.99. The summed E-state index contributed by atoms with van der Waals surface area (Å²) >= 11 is 5.92. The highest BCUT2D eigenvalue weighted by atomic mass is 35.5. The van der Waals surface area contributed by atoms with Crippen molar-refractivity contribution in [2.45, 2.75) is 5.41 Å². The van der Waals surface area contributed by atoms with Gasteiger partial charge in [0.1, 0.15) is 12.0 Å². The molecule has 6 heteroatoms. The summed E-state index contributed by atoms with van der Waals surface area (Å²) in [4.78, 5) is 24.6. The highest BCUT2D eigenvalue weighted by molar-refractivity contribution is 7.90. The molecule has 0 amide bonds. The second kappa shape index (κ2) is 6.75. The average molecular weight is 341 g/mol. The van der Waals surface area contributed by atoms with Crippen LogP contribution in [0.4, 0.5) is 0 Å². The molecule has 0 fully saturated rings. The zero-order valence-corrected chi connectivity index (χ0v) is 13.6.